The Balaban J connectivity index is 1.49. The molecule has 1 aliphatic rings. The fourth-order valence-corrected chi connectivity index (χ4v) is 2.91. The average Bonchev–Trinajstić information content (AvgIpc) is 3.19. The Kier molecular flexibility index (Phi) is 4.50. The summed E-state index contributed by atoms with van der Waals surface area (Å²) in [5, 5.41) is 10.7. The molecule has 7 heteroatoms. The minimum atomic E-state index is 0.198. The zero-order chi connectivity index (χ0) is 15.4. The van der Waals surface area contributed by atoms with Crippen molar-refractivity contribution in [3.63, 3.8) is 0 Å². The molecule has 0 spiro atoms. The molecule has 0 saturated carbocycles. The number of nitrogens with zero attached hydrogens (tertiary/aromatic N) is 4. The van der Waals surface area contributed by atoms with Crippen LogP contribution >= 0.6 is 0 Å². The molecule has 2 aromatic heterocycles. The lowest BCUT2D eigenvalue weighted by Crippen LogP contribution is -2.39. The number of rotatable bonds is 5. The molecule has 0 aliphatic carbocycles. The highest BCUT2D eigenvalue weighted by molar-refractivity contribution is 5.76. The molecule has 22 heavy (non-hydrogen) atoms. The number of aromatic amines is 1. The number of amides is 1. The average molecular weight is 303 g/mol. The van der Waals surface area contributed by atoms with Crippen molar-refractivity contribution < 1.29 is 9.32 Å². The number of carbonyl (C=O) groups excluding carboxylic acids is 1. The Morgan fingerprint density at radius 2 is 2.45 bits per heavy atom. The molecule has 1 fully saturated rings. The van der Waals surface area contributed by atoms with Crippen molar-refractivity contribution in [1.29, 1.82) is 0 Å². The van der Waals surface area contributed by atoms with Crippen LogP contribution < -0.4 is 0 Å². The summed E-state index contributed by atoms with van der Waals surface area (Å²) >= 11 is 0. The van der Waals surface area contributed by atoms with E-state index in [1.54, 1.807) is 13.1 Å². The summed E-state index contributed by atoms with van der Waals surface area (Å²) in [6.07, 6.45) is 7.98. The molecular weight excluding hydrogens is 282 g/mol. The smallest absolute Gasteiger partial charge is 0.223 e. The number of carbonyl (C=O) groups is 1. The van der Waals surface area contributed by atoms with Gasteiger partial charge in [0.05, 0.1) is 6.20 Å². The number of hydrogen-bond donors (Lipinski definition) is 1. The second kappa shape index (κ2) is 6.72. The molecule has 0 unspecified atom stereocenters. The Hall–Kier alpha value is -2.18. The highest BCUT2D eigenvalue weighted by Gasteiger charge is 2.27. The quantitative estimate of drug-likeness (QED) is 0.910. The number of nitrogens with one attached hydrogen (secondary N) is 1. The maximum Gasteiger partial charge on any atom is 0.223 e. The van der Waals surface area contributed by atoms with Crippen LogP contribution in [0.25, 0.3) is 0 Å². The fourth-order valence-electron chi connectivity index (χ4n) is 2.91. The van der Waals surface area contributed by atoms with Crippen LogP contribution in [0, 0.1) is 6.92 Å². The molecule has 0 radical (unpaired) electrons. The van der Waals surface area contributed by atoms with E-state index in [4.69, 9.17) is 4.52 Å². The Morgan fingerprint density at radius 3 is 3.18 bits per heavy atom. The predicted molar refractivity (Wildman–Crippen MR) is 79.1 cm³/mol. The molecule has 2 aromatic rings. The number of aryl methyl sites for hydroxylation is 2. The van der Waals surface area contributed by atoms with Gasteiger partial charge in [-0.25, -0.2) is 0 Å². The van der Waals surface area contributed by atoms with Crippen molar-refractivity contribution in [2.24, 2.45) is 0 Å². The second-order valence-corrected chi connectivity index (χ2v) is 5.81. The van der Waals surface area contributed by atoms with E-state index in [0.717, 1.165) is 43.6 Å². The van der Waals surface area contributed by atoms with Crippen LogP contribution in [0.2, 0.25) is 0 Å². The van der Waals surface area contributed by atoms with Gasteiger partial charge in [-0.2, -0.15) is 10.1 Å². The molecular formula is C15H21N5O2. The molecule has 0 bridgehead atoms. The van der Waals surface area contributed by atoms with Crippen LogP contribution in [0.15, 0.2) is 16.9 Å². The van der Waals surface area contributed by atoms with Gasteiger partial charge in [0, 0.05) is 38.5 Å². The number of piperidine rings is 1. The number of H-pyrrole nitrogens is 1. The van der Waals surface area contributed by atoms with Crippen molar-refractivity contribution in [3.05, 3.63) is 29.7 Å². The van der Waals surface area contributed by atoms with Gasteiger partial charge in [0.2, 0.25) is 11.8 Å². The number of aromatic nitrogens is 4. The molecule has 1 atom stereocenters. The first-order chi connectivity index (χ1) is 10.7. The number of hydrogen-bond acceptors (Lipinski definition) is 5. The van der Waals surface area contributed by atoms with Gasteiger partial charge in [-0.1, -0.05) is 5.16 Å². The molecule has 3 heterocycles. The minimum absolute atomic E-state index is 0.198. The van der Waals surface area contributed by atoms with Crippen molar-refractivity contribution in [1.82, 2.24) is 25.2 Å². The van der Waals surface area contributed by atoms with Gasteiger partial charge in [0.1, 0.15) is 0 Å². The molecule has 1 N–H and O–H groups in total. The van der Waals surface area contributed by atoms with Crippen LogP contribution in [0.1, 0.15) is 48.9 Å². The standard InChI is InChI=1S/C15H21N5O2/c1-11-18-15(19-22-11)13-5-3-7-20(10-13)14(21)6-2-4-12-8-16-17-9-12/h8-9,13H,2-7,10H2,1H3,(H,16,17)/t13-/m0/s1. The molecule has 1 amide bonds. The van der Waals surface area contributed by atoms with Crippen LogP contribution in [0.3, 0.4) is 0 Å². The van der Waals surface area contributed by atoms with Crippen molar-refractivity contribution >= 4 is 5.91 Å². The largest absolute Gasteiger partial charge is 0.342 e. The second-order valence-electron chi connectivity index (χ2n) is 5.81. The lowest BCUT2D eigenvalue weighted by atomic mass is 9.97. The minimum Gasteiger partial charge on any atom is -0.342 e. The summed E-state index contributed by atoms with van der Waals surface area (Å²) < 4.78 is 5.05. The van der Waals surface area contributed by atoms with Gasteiger partial charge in [0.25, 0.3) is 0 Å². The van der Waals surface area contributed by atoms with Crippen LogP contribution in [0.4, 0.5) is 0 Å². The van der Waals surface area contributed by atoms with Gasteiger partial charge in [-0.3, -0.25) is 9.89 Å². The predicted octanol–water partition coefficient (Wildman–Crippen LogP) is 1.83. The first-order valence-corrected chi connectivity index (χ1v) is 7.78. The highest BCUT2D eigenvalue weighted by atomic mass is 16.5. The van der Waals surface area contributed by atoms with Crippen molar-refractivity contribution in [2.45, 2.75) is 44.9 Å². The third kappa shape index (κ3) is 3.52. The Morgan fingerprint density at radius 1 is 1.55 bits per heavy atom. The molecule has 1 aliphatic heterocycles. The van der Waals surface area contributed by atoms with Gasteiger partial charge < -0.3 is 9.42 Å². The van der Waals surface area contributed by atoms with E-state index in [1.807, 2.05) is 11.1 Å². The summed E-state index contributed by atoms with van der Waals surface area (Å²) in [4.78, 5) is 18.6. The van der Waals surface area contributed by atoms with E-state index in [2.05, 4.69) is 20.3 Å². The Bertz CT molecular complexity index is 607. The third-order valence-electron chi connectivity index (χ3n) is 4.09. The zero-order valence-electron chi connectivity index (χ0n) is 12.8. The fraction of sp³-hybridized carbons (Fsp3) is 0.600. The molecule has 1 saturated heterocycles. The van der Waals surface area contributed by atoms with E-state index in [0.29, 0.717) is 18.9 Å². The summed E-state index contributed by atoms with van der Waals surface area (Å²) in [6.45, 7) is 3.32. The summed E-state index contributed by atoms with van der Waals surface area (Å²) in [7, 11) is 0. The first-order valence-electron chi connectivity index (χ1n) is 7.78. The lowest BCUT2D eigenvalue weighted by molar-refractivity contribution is -0.132. The molecule has 7 nitrogen and oxygen atoms in total. The Labute approximate surface area is 129 Å². The van der Waals surface area contributed by atoms with Crippen LogP contribution in [0.5, 0.6) is 0 Å². The summed E-state index contributed by atoms with van der Waals surface area (Å²) in [5.74, 6) is 1.73. The van der Waals surface area contributed by atoms with Crippen molar-refractivity contribution in [2.75, 3.05) is 13.1 Å². The van der Waals surface area contributed by atoms with E-state index in [-0.39, 0.29) is 11.8 Å². The van der Waals surface area contributed by atoms with E-state index >= 15 is 0 Å². The van der Waals surface area contributed by atoms with Gasteiger partial charge in [-0.05, 0) is 31.2 Å². The van der Waals surface area contributed by atoms with E-state index < -0.39 is 0 Å². The van der Waals surface area contributed by atoms with Crippen LogP contribution in [-0.2, 0) is 11.2 Å². The lowest BCUT2D eigenvalue weighted by Gasteiger charge is -2.31. The third-order valence-corrected chi connectivity index (χ3v) is 4.09. The zero-order valence-corrected chi connectivity index (χ0v) is 12.8. The topological polar surface area (TPSA) is 87.9 Å². The molecule has 118 valence electrons. The van der Waals surface area contributed by atoms with E-state index in [1.165, 1.54) is 0 Å². The van der Waals surface area contributed by atoms with Gasteiger partial charge in [-0.15, -0.1) is 0 Å². The summed E-state index contributed by atoms with van der Waals surface area (Å²) in [5.41, 5.74) is 1.14. The monoisotopic (exact) mass is 303 g/mol. The summed E-state index contributed by atoms with van der Waals surface area (Å²) in [6, 6.07) is 0. The molecule has 3 rings (SSSR count). The van der Waals surface area contributed by atoms with Crippen LogP contribution in [-0.4, -0.2) is 44.2 Å². The normalized spacial score (nSPS) is 18.6. The van der Waals surface area contributed by atoms with Gasteiger partial charge >= 0.3 is 0 Å². The number of likely N-dealkylation sites (tertiary alicyclic amines) is 1. The highest BCUT2D eigenvalue weighted by Crippen LogP contribution is 2.25. The maximum atomic E-state index is 12.3. The van der Waals surface area contributed by atoms with Crippen molar-refractivity contribution in [3.8, 4) is 0 Å². The van der Waals surface area contributed by atoms with Gasteiger partial charge in [0.15, 0.2) is 5.82 Å². The molecule has 0 aromatic carbocycles. The maximum absolute atomic E-state index is 12.3. The first kappa shape index (κ1) is 14.7. The SMILES string of the molecule is Cc1nc([C@H]2CCCN(C(=O)CCCc3cn[nH]c3)C2)no1. The van der Waals surface area contributed by atoms with E-state index in [9.17, 15) is 4.79 Å².